The number of amides is 1. The molecule has 1 amide bonds. The quantitative estimate of drug-likeness (QED) is 0.332. The molecule has 0 bridgehead atoms. The van der Waals surface area contributed by atoms with Crippen molar-refractivity contribution in [1.29, 1.82) is 5.26 Å². The molecule has 6 nitrogen and oxygen atoms in total. The van der Waals surface area contributed by atoms with E-state index in [1.807, 2.05) is 35.2 Å². The molecule has 4 rings (SSSR count). The standard InChI is InChI=1S/C33H43N3O3/c1-4-5-11-31(37)36(33(32(38)39-3)18-7-6-8-19-33)24-26-12-14-27(15-13-26)30-21-29(17-16-28(30)22-34)35-20-9-10-25(2)23-35/h12-17,21,25H,4-11,18-20,23-24H2,1-3H3. The van der Waals surface area contributed by atoms with E-state index in [1.165, 1.54) is 20.0 Å². The fraction of sp³-hybridized carbons (Fsp3) is 0.545. The van der Waals surface area contributed by atoms with Crippen LogP contribution in [0.15, 0.2) is 42.5 Å². The second-order valence-electron chi connectivity index (χ2n) is 11.4. The molecule has 1 saturated carbocycles. The van der Waals surface area contributed by atoms with Crippen molar-refractivity contribution in [2.45, 2.75) is 90.1 Å². The van der Waals surface area contributed by atoms with Crippen molar-refractivity contribution in [3.8, 4) is 17.2 Å². The molecule has 1 heterocycles. The molecule has 0 aromatic heterocycles. The maximum absolute atomic E-state index is 13.5. The lowest BCUT2D eigenvalue weighted by Crippen LogP contribution is -2.58. The van der Waals surface area contributed by atoms with Crippen LogP contribution in [0.5, 0.6) is 0 Å². The number of hydrogen-bond acceptors (Lipinski definition) is 5. The maximum Gasteiger partial charge on any atom is 0.331 e. The highest BCUT2D eigenvalue weighted by atomic mass is 16.5. The van der Waals surface area contributed by atoms with E-state index in [-0.39, 0.29) is 11.9 Å². The lowest BCUT2D eigenvalue weighted by Gasteiger charge is -2.44. The summed E-state index contributed by atoms with van der Waals surface area (Å²) in [6.45, 7) is 6.81. The number of carbonyl (C=O) groups is 2. The lowest BCUT2D eigenvalue weighted by molar-refractivity contribution is -0.166. The van der Waals surface area contributed by atoms with Crippen LogP contribution in [0.1, 0.15) is 89.2 Å². The van der Waals surface area contributed by atoms with Crippen LogP contribution in [0.4, 0.5) is 5.69 Å². The molecule has 1 atom stereocenters. The first-order valence-corrected chi connectivity index (χ1v) is 14.7. The summed E-state index contributed by atoms with van der Waals surface area (Å²) in [6.07, 6.45) is 8.78. The first-order valence-electron chi connectivity index (χ1n) is 14.7. The van der Waals surface area contributed by atoms with Gasteiger partial charge in [0, 0.05) is 37.3 Å². The van der Waals surface area contributed by atoms with Crippen LogP contribution >= 0.6 is 0 Å². The minimum absolute atomic E-state index is 0.0171. The van der Waals surface area contributed by atoms with Crippen molar-refractivity contribution < 1.29 is 14.3 Å². The summed E-state index contributed by atoms with van der Waals surface area (Å²) >= 11 is 0. The Morgan fingerprint density at radius 1 is 1.10 bits per heavy atom. The van der Waals surface area contributed by atoms with Crippen molar-refractivity contribution in [2.75, 3.05) is 25.1 Å². The Morgan fingerprint density at radius 2 is 1.85 bits per heavy atom. The molecular weight excluding hydrogens is 486 g/mol. The van der Waals surface area contributed by atoms with Gasteiger partial charge >= 0.3 is 5.97 Å². The number of unbranched alkanes of at least 4 members (excludes halogenated alkanes) is 1. The number of esters is 1. The number of methoxy groups -OCH3 is 1. The summed E-state index contributed by atoms with van der Waals surface area (Å²) in [7, 11) is 1.42. The maximum atomic E-state index is 13.5. The second-order valence-corrected chi connectivity index (χ2v) is 11.4. The topological polar surface area (TPSA) is 73.6 Å². The molecule has 1 unspecified atom stereocenters. The van der Waals surface area contributed by atoms with Gasteiger partial charge in [0.25, 0.3) is 0 Å². The van der Waals surface area contributed by atoms with Crippen molar-refractivity contribution in [3.05, 3.63) is 53.6 Å². The van der Waals surface area contributed by atoms with Crippen molar-refractivity contribution in [3.63, 3.8) is 0 Å². The Morgan fingerprint density at radius 3 is 2.49 bits per heavy atom. The van der Waals surface area contributed by atoms with Gasteiger partial charge in [0.05, 0.1) is 18.7 Å². The van der Waals surface area contributed by atoms with Crippen LogP contribution in [-0.2, 0) is 20.9 Å². The number of hydrogen-bond donors (Lipinski definition) is 0. The predicted octanol–water partition coefficient (Wildman–Crippen LogP) is 6.86. The third-order valence-corrected chi connectivity index (χ3v) is 8.56. The zero-order chi connectivity index (χ0) is 27.8. The van der Waals surface area contributed by atoms with Crippen molar-refractivity contribution in [2.24, 2.45) is 5.92 Å². The first-order chi connectivity index (χ1) is 18.9. The molecule has 1 saturated heterocycles. The van der Waals surface area contributed by atoms with Crippen LogP contribution in [-0.4, -0.2) is 42.5 Å². The van der Waals surface area contributed by atoms with Gasteiger partial charge in [-0.25, -0.2) is 4.79 Å². The summed E-state index contributed by atoms with van der Waals surface area (Å²) in [6, 6.07) is 16.6. The monoisotopic (exact) mass is 529 g/mol. The molecule has 2 aromatic rings. The van der Waals surface area contributed by atoms with Gasteiger partial charge in [0.15, 0.2) is 0 Å². The number of anilines is 1. The molecule has 0 radical (unpaired) electrons. The van der Waals surface area contributed by atoms with Gasteiger partial charge < -0.3 is 14.5 Å². The number of piperidine rings is 1. The highest BCUT2D eigenvalue weighted by molar-refractivity contribution is 5.88. The third kappa shape index (κ3) is 6.46. The summed E-state index contributed by atoms with van der Waals surface area (Å²) in [5.41, 5.74) is 3.78. The number of rotatable bonds is 9. The van der Waals surface area contributed by atoms with Gasteiger partial charge in [0.2, 0.25) is 5.91 Å². The Hall–Kier alpha value is -3.33. The van der Waals surface area contributed by atoms with E-state index < -0.39 is 5.54 Å². The molecule has 39 heavy (non-hydrogen) atoms. The van der Waals surface area contributed by atoms with E-state index in [0.29, 0.717) is 37.3 Å². The number of nitrogens with zero attached hydrogens (tertiary/aromatic N) is 3. The van der Waals surface area contributed by atoms with Crippen LogP contribution in [0.2, 0.25) is 0 Å². The fourth-order valence-corrected chi connectivity index (χ4v) is 6.31. The number of nitriles is 1. The van der Waals surface area contributed by atoms with Crippen molar-refractivity contribution >= 4 is 17.6 Å². The Labute approximate surface area is 233 Å². The van der Waals surface area contributed by atoms with E-state index in [4.69, 9.17) is 4.74 Å². The second kappa shape index (κ2) is 13.2. The Kier molecular flexibility index (Phi) is 9.67. The van der Waals surface area contributed by atoms with Gasteiger partial charge in [0.1, 0.15) is 5.54 Å². The fourth-order valence-electron chi connectivity index (χ4n) is 6.31. The van der Waals surface area contributed by atoms with E-state index in [0.717, 1.165) is 67.6 Å². The lowest BCUT2D eigenvalue weighted by atomic mass is 9.79. The largest absolute Gasteiger partial charge is 0.467 e. The minimum atomic E-state index is -0.898. The highest BCUT2D eigenvalue weighted by Gasteiger charge is 2.47. The van der Waals surface area contributed by atoms with E-state index >= 15 is 0 Å². The molecule has 2 fully saturated rings. The van der Waals surface area contributed by atoms with Crippen LogP contribution < -0.4 is 4.90 Å². The average molecular weight is 530 g/mol. The number of benzene rings is 2. The van der Waals surface area contributed by atoms with Crippen molar-refractivity contribution in [1.82, 2.24) is 4.90 Å². The van der Waals surface area contributed by atoms with E-state index in [2.05, 4.69) is 36.9 Å². The van der Waals surface area contributed by atoms with Gasteiger partial charge in [-0.15, -0.1) is 0 Å². The molecule has 1 aliphatic carbocycles. The normalized spacial score (nSPS) is 18.7. The summed E-state index contributed by atoms with van der Waals surface area (Å²) < 4.78 is 5.27. The average Bonchev–Trinajstić information content (AvgIpc) is 2.98. The SMILES string of the molecule is CCCCC(=O)N(Cc1ccc(-c2cc(N3CCCC(C)C3)ccc2C#N)cc1)C1(C(=O)OC)CCCCC1. The number of carbonyl (C=O) groups excluding carboxylic acids is 2. The molecule has 1 aliphatic heterocycles. The van der Waals surface area contributed by atoms with Crippen LogP contribution in [0, 0.1) is 17.2 Å². The summed E-state index contributed by atoms with van der Waals surface area (Å²) in [5.74, 6) is 0.382. The van der Waals surface area contributed by atoms with Crippen LogP contribution in [0.3, 0.4) is 0 Å². The summed E-state index contributed by atoms with van der Waals surface area (Å²) in [4.78, 5) is 30.9. The zero-order valence-corrected chi connectivity index (χ0v) is 23.9. The Balaban J connectivity index is 1.62. The molecule has 6 heteroatoms. The first kappa shape index (κ1) is 28.7. The number of ether oxygens (including phenoxy) is 1. The Bertz CT molecular complexity index is 1180. The zero-order valence-electron chi connectivity index (χ0n) is 23.9. The van der Waals surface area contributed by atoms with Crippen LogP contribution in [0.25, 0.3) is 11.1 Å². The summed E-state index contributed by atoms with van der Waals surface area (Å²) in [5, 5.41) is 9.83. The van der Waals surface area contributed by atoms with Gasteiger partial charge in [-0.2, -0.15) is 5.26 Å². The third-order valence-electron chi connectivity index (χ3n) is 8.56. The molecular formula is C33H43N3O3. The minimum Gasteiger partial charge on any atom is -0.467 e. The van der Waals surface area contributed by atoms with E-state index in [9.17, 15) is 14.9 Å². The molecule has 208 valence electrons. The highest BCUT2D eigenvalue weighted by Crippen LogP contribution is 2.37. The molecule has 2 aliphatic rings. The van der Waals surface area contributed by atoms with E-state index in [1.54, 1.807) is 0 Å². The molecule has 0 N–H and O–H groups in total. The molecule has 0 spiro atoms. The smallest absolute Gasteiger partial charge is 0.331 e. The molecule has 2 aromatic carbocycles. The van der Waals surface area contributed by atoms with Gasteiger partial charge in [-0.1, -0.05) is 63.8 Å². The predicted molar refractivity (Wildman–Crippen MR) is 155 cm³/mol. The van der Waals surface area contributed by atoms with Gasteiger partial charge in [-0.05, 0) is 67.3 Å². The van der Waals surface area contributed by atoms with Gasteiger partial charge in [-0.3, -0.25) is 4.79 Å².